The van der Waals surface area contributed by atoms with Crippen LogP contribution in [-0.4, -0.2) is 20.1 Å². The number of aryl methyl sites for hydroxylation is 3. The fraction of sp³-hybridized carbons (Fsp3) is 0.357. The Labute approximate surface area is 122 Å². The number of rotatable bonds is 5. The molecule has 7 nitrogen and oxygen atoms in total. The SMILES string of the molecule is CCc1nnc(Oc2cc([N+](=O)[O-])ccc2C)nc1CC. The van der Waals surface area contributed by atoms with Crippen molar-refractivity contribution in [2.75, 3.05) is 0 Å². The molecule has 0 unspecified atom stereocenters. The van der Waals surface area contributed by atoms with E-state index in [1.54, 1.807) is 13.0 Å². The molecule has 7 heteroatoms. The summed E-state index contributed by atoms with van der Waals surface area (Å²) in [6.45, 7) is 5.76. The predicted molar refractivity (Wildman–Crippen MR) is 76.5 cm³/mol. The van der Waals surface area contributed by atoms with Crippen molar-refractivity contribution < 1.29 is 9.66 Å². The summed E-state index contributed by atoms with van der Waals surface area (Å²) >= 11 is 0. The van der Waals surface area contributed by atoms with Crippen LogP contribution in [0.25, 0.3) is 0 Å². The van der Waals surface area contributed by atoms with Gasteiger partial charge in [-0.15, -0.1) is 5.10 Å². The minimum absolute atomic E-state index is 0.0375. The molecule has 0 saturated carbocycles. The molecule has 0 spiro atoms. The van der Waals surface area contributed by atoms with E-state index < -0.39 is 4.92 Å². The molecule has 0 aliphatic carbocycles. The van der Waals surface area contributed by atoms with Crippen molar-refractivity contribution in [2.24, 2.45) is 0 Å². The third kappa shape index (κ3) is 3.31. The predicted octanol–water partition coefficient (Wildman–Crippen LogP) is 3.01. The maximum atomic E-state index is 10.8. The maximum absolute atomic E-state index is 10.8. The van der Waals surface area contributed by atoms with E-state index in [0.717, 1.165) is 29.8 Å². The largest absolute Gasteiger partial charge is 0.423 e. The van der Waals surface area contributed by atoms with Gasteiger partial charge in [-0.2, -0.15) is 4.98 Å². The Morgan fingerprint density at radius 2 is 1.90 bits per heavy atom. The van der Waals surface area contributed by atoms with Gasteiger partial charge in [-0.25, -0.2) is 0 Å². The molecule has 1 aromatic heterocycles. The smallest absolute Gasteiger partial charge is 0.341 e. The van der Waals surface area contributed by atoms with Crippen LogP contribution in [0.4, 0.5) is 5.69 Å². The van der Waals surface area contributed by atoms with E-state index in [4.69, 9.17) is 4.74 Å². The van der Waals surface area contributed by atoms with Gasteiger partial charge in [0.05, 0.1) is 22.4 Å². The third-order valence-corrected chi connectivity index (χ3v) is 3.07. The first-order valence-electron chi connectivity index (χ1n) is 6.70. The number of hydrogen-bond acceptors (Lipinski definition) is 6. The molecular formula is C14H16N4O3. The lowest BCUT2D eigenvalue weighted by Crippen LogP contribution is -2.04. The normalized spacial score (nSPS) is 10.4. The zero-order valence-electron chi connectivity index (χ0n) is 12.2. The molecule has 2 aromatic rings. The Hall–Kier alpha value is -2.57. The molecule has 0 amide bonds. The summed E-state index contributed by atoms with van der Waals surface area (Å²) in [6, 6.07) is 4.52. The van der Waals surface area contributed by atoms with Crippen LogP contribution in [0.15, 0.2) is 18.2 Å². The summed E-state index contributed by atoms with van der Waals surface area (Å²) in [4.78, 5) is 14.6. The Bertz CT molecular complexity index is 673. The number of ether oxygens (including phenoxy) is 1. The summed E-state index contributed by atoms with van der Waals surface area (Å²) in [5, 5.41) is 18.8. The van der Waals surface area contributed by atoms with Crippen LogP contribution in [0.1, 0.15) is 30.8 Å². The quantitative estimate of drug-likeness (QED) is 0.620. The number of non-ortho nitro benzene ring substituents is 1. The minimum atomic E-state index is -0.469. The van der Waals surface area contributed by atoms with E-state index in [0.29, 0.717) is 5.75 Å². The van der Waals surface area contributed by atoms with Crippen molar-refractivity contribution in [3.05, 3.63) is 45.3 Å². The molecular weight excluding hydrogens is 272 g/mol. The Kier molecular flexibility index (Phi) is 4.42. The second-order valence-corrected chi connectivity index (χ2v) is 4.50. The molecule has 21 heavy (non-hydrogen) atoms. The van der Waals surface area contributed by atoms with E-state index in [1.165, 1.54) is 12.1 Å². The molecule has 2 rings (SSSR count). The fourth-order valence-electron chi connectivity index (χ4n) is 1.87. The summed E-state index contributed by atoms with van der Waals surface area (Å²) in [5.41, 5.74) is 2.39. The fourth-order valence-corrected chi connectivity index (χ4v) is 1.87. The van der Waals surface area contributed by atoms with Gasteiger partial charge in [0.2, 0.25) is 0 Å². The maximum Gasteiger partial charge on any atom is 0.341 e. The Balaban J connectivity index is 2.33. The number of hydrogen-bond donors (Lipinski definition) is 0. The first kappa shape index (κ1) is 14.8. The third-order valence-electron chi connectivity index (χ3n) is 3.07. The Morgan fingerprint density at radius 1 is 1.19 bits per heavy atom. The molecule has 0 aliphatic heterocycles. The second-order valence-electron chi connectivity index (χ2n) is 4.50. The van der Waals surface area contributed by atoms with Gasteiger partial charge in [-0.3, -0.25) is 10.1 Å². The van der Waals surface area contributed by atoms with Gasteiger partial charge in [-0.1, -0.05) is 18.9 Å². The van der Waals surface area contributed by atoms with E-state index in [1.807, 2.05) is 13.8 Å². The van der Waals surface area contributed by atoms with Gasteiger partial charge < -0.3 is 4.74 Å². The van der Waals surface area contributed by atoms with Gasteiger partial charge in [0.25, 0.3) is 5.69 Å². The number of nitro benzene ring substituents is 1. The number of nitrogens with zero attached hydrogens (tertiary/aromatic N) is 4. The first-order chi connectivity index (χ1) is 10.0. The summed E-state index contributed by atoms with van der Waals surface area (Å²) in [6.07, 6.45) is 1.47. The second kappa shape index (κ2) is 6.25. The highest BCUT2D eigenvalue weighted by Crippen LogP contribution is 2.27. The molecule has 0 fully saturated rings. The molecule has 1 aromatic carbocycles. The molecule has 0 bridgehead atoms. The molecule has 0 atom stereocenters. The van der Waals surface area contributed by atoms with E-state index in [2.05, 4.69) is 15.2 Å². The highest BCUT2D eigenvalue weighted by molar-refractivity contribution is 5.44. The highest BCUT2D eigenvalue weighted by Gasteiger charge is 2.13. The molecule has 0 radical (unpaired) electrons. The molecule has 1 heterocycles. The van der Waals surface area contributed by atoms with E-state index >= 15 is 0 Å². The van der Waals surface area contributed by atoms with Gasteiger partial charge >= 0.3 is 6.01 Å². The van der Waals surface area contributed by atoms with Crippen molar-refractivity contribution in [2.45, 2.75) is 33.6 Å². The van der Waals surface area contributed by atoms with Crippen LogP contribution < -0.4 is 4.74 Å². The van der Waals surface area contributed by atoms with Crippen LogP contribution in [0.5, 0.6) is 11.8 Å². The summed E-state index contributed by atoms with van der Waals surface area (Å²) < 4.78 is 5.55. The van der Waals surface area contributed by atoms with Crippen LogP contribution in [0, 0.1) is 17.0 Å². The van der Waals surface area contributed by atoms with Gasteiger partial charge in [0, 0.05) is 6.07 Å². The number of aromatic nitrogens is 3. The average molecular weight is 288 g/mol. The van der Waals surface area contributed by atoms with E-state index in [-0.39, 0.29) is 11.7 Å². The van der Waals surface area contributed by atoms with Crippen molar-refractivity contribution in [1.29, 1.82) is 0 Å². The minimum Gasteiger partial charge on any atom is -0.423 e. The first-order valence-corrected chi connectivity index (χ1v) is 6.70. The summed E-state index contributed by atoms with van der Waals surface area (Å²) in [5.74, 6) is 0.359. The molecule has 110 valence electrons. The van der Waals surface area contributed by atoms with Gasteiger partial charge in [0.1, 0.15) is 5.75 Å². The zero-order valence-corrected chi connectivity index (χ0v) is 12.2. The molecule has 0 N–H and O–H groups in total. The average Bonchev–Trinajstić information content (AvgIpc) is 2.49. The lowest BCUT2D eigenvalue weighted by molar-refractivity contribution is -0.384. The van der Waals surface area contributed by atoms with Crippen molar-refractivity contribution >= 4 is 5.69 Å². The monoisotopic (exact) mass is 288 g/mol. The van der Waals surface area contributed by atoms with Crippen LogP contribution in [-0.2, 0) is 12.8 Å². The van der Waals surface area contributed by atoms with Crippen LogP contribution in [0.3, 0.4) is 0 Å². The Morgan fingerprint density at radius 3 is 2.52 bits per heavy atom. The topological polar surface area (TPSA) is 91.0 Å². The van der Waals surface area contributed by atoms with Crippen molar-refractivity contribution in [3.63, 3.8) is 0 Å². The van der Waals surface area contributed by atoms with Gasteiger partial charge in [0.15, 0.2) is 0 Å². The van der Waals surface area contributed by atoms with Crippen LogP contribution >= 0.6 is 0 Å². The molecule has 0 saturated heterocycles. The summed E-state index contributed by atoms with van der Waals surface area (Å²) in [7, 11) is 0. The number of benzene rings is 1. The number of nitro groups is 1. The molecule has 0 aliphatic rings. The van der Waals surface area contributed by atoms with Crippen molar-refractivity contribution in [1.82, 2.24) is 15.2 Å². The van der Waals surface area contributed by atoms with Gasteiger partial charge in [-0.05, 0) is 31.4 Å². The lowest BCUT2D eigenvalue weighted by Gasteiger charge is -2.08. The lowest BCUT2D eigenvalue weighted by atomic mass is 10.2. The highest BCUT2D eigenvalue weighted by atomic mass is 16.6. The van der Waals surface area contributed by atoms with Crippen LogP contribution in [0.2, 0.25) is 0 Å². The van der Waals surface area contributed by atoms with Crippen molar-refractivity contribution in [3.8, 4) is 11.8 Å². The standard InChI is InChI=1S/C14H16N4O3/c1-4-11-12(5-2)16-17-14(15-11)21-13-8-10(18(19)20)7-6-9(13)3/h6-8H,4-5H2,1-3H3. The van der Waals surface area contributed by atoms with E-state index in [9.17, 15) is 10.1 Å². The zero-order chi connectivity index (χ0) is 15.4.